The molecule has 0 N–H and O–H groups in total. The molecular formula is C26H23IrNO2-2. The maximum Gasteiger partial charge on any atom is 0.155 e. The van der Waals surface area contributed by atoms with Crippen LogP contribution in [-0.4, -0.2) is 10.8 Å². The first-order valence-electron chi connectivity index (χ1n) is 9.30. The molecule has 155 valence electrons. The SMILES string of the molecule is [CH2-]O/C(C)=C\C(C)=O.[CH2-]c1cc2ccccc2cc1-c1ccc2ccccc2n1.[Ir]. The Bertz CT molecular complexity index is 1200. The third-order valence-electron chi connectivity index (χ3n) is 4.48. The zero-order valence-electron chi connectivity index (χ0n) is 17.0. The molecule has 3 aromatic carbocycles. The van der Waals surface area contributed by atoms with Crippen LogP contribution in [-0.2, 0) is 29.6 Å². The molecule has 1 radical (unpaired) electrons. The second-order valence-corrected chi connectivity index (χ2v) is 6.76. The molecule has 1 heterocycles. The Morgan fingerprint density at radius 1 is 0.900 bits per heavy atom. The molecule has 30 heavy (non-hydrogen) atoms. The van der Waals surface area contributed by atoms with Gasteiger partial charge in [0.15, 0.2) is 5.78 Å². The largest absolute Gasteiger partial charge is 0.668 e. The van der Waals surface area contributed by atoms with E-state index < -0.39 is 0 Å². The smallest absolute Gasteiger partial charge is 0.155 e. The number of carbonyl (C=O) groups is 1. The fourth-order valence-corrected chi connectivity index (χ4v) is 3.07. The van der Waals surface area contributed by atoms with Gasteiger partial charge in [-0.25, -0.2) is 0 Å². The minimum Gasteiger partial charge on any atom is -0.668 e. The predicted molar refractivity (Wildman–Crippen MR) is 120 cm³/mol. The Morgan fingerprint density at radius 2 is 1.50 bits per heavy atom. The van der Waals surface area contributed by atoms with Crippen molar-refractivity contribution < 1.29 is 29.6 Å². The summed E-state index contributed by atoms with van der Waals surface area (Å²) in [6, 6.07) is 25.0. The fraction of sp³-hybridized carbons (Fsp3) is 0.0769. The van der Waals surface area contributed by atoms with E-state index in [2.05, 4.69) is 73.4 Å². The molecule has 3 nitrogen and oxygen atoms in total. The van der Waals surface area contributed by atoms with Crippen molar-refractivity contribution in [2.75, 3.05) is 0 Å². The molecule has 0 atom stereocenters. The van der Waals surface area contributed by atoms with Crippen LogP contribution in [0.1, 0.15) is 19.4 Å². The molecule has 0 fully saturated rings. The first-order chi connectivity index (χ1) is 14.0. The quantitative estimate of drug-likeness (QED) is 0.159. The number of allylic oxidation sites excluding steroid dienone is 2. The van der Waals surface area contributed by atoms with Crippen LogP contribution in [0.3, 0.4) is 0 Å². The minimum atomic E-state index is -0.0221. The standard InChI is InChI=1S/C20H14N.C6H9O2.Ir/c1-14-12-16-7-2-3-8-17(16)13-18(14)20-11-10-15-6-4-5-9-19(15)21-20;1-5(7)4-6(2)8-3;/h2-13H,1H2;4H,3H2,1-2H3;/q2*-1;/b;6-4-;. The molecule has 0 amide bonds. The van der Waals surface area contributed by atoms with Crippen LogP contribution in [0.25, 0.3) is 32.9 Å². The van der Waals surface area contributed by atoms with E-state index in [0.717, 1.165) is 27.7 Å². The van der Waals surface area contributed by atoms with Crippen LogP contribution in [0.2, 0.25) is 0 Å². The maximum absolute atomic E-state index is 10.2. The minimum absolute atomic E-state index is 0. The molecule has 0 spiro atoms. The second-order valence-electron chi connectivity index (χ2n) is 6.76. The van der Waals surface area contributed by atoms with E-state index in [1.807, 2.05) is 18.2 Å². The molecule has 4 rings (SSSR count). The van der Waals surface area contributed by atoms with Crippen LogP contribution in [0, 0.1) is 14.0 Å². The van der Waals surface area contributed by atoms with Crippen molar-refractivity contribution in [2.45, 2.75) is 13.8 Å². The van der Waals surface area contributed by atoms with Gasteiger partial charge >= 0.3 is 0 Å². The van der Waals surface area contributed by atoms with Gasteiger partial charge in [-0.15, -0.1) is 11.6 Å². The summed E-state index contributed by atoms with van der Waals surface area (Å²) < 4.78 is 4.45. The molecule has 0 saturated carbocycles. The summed E-state index contributed by atoms with van der Waals surface area (Å²) in [5.41, 5.74) is 4.10. The summed E-state index contributed by atoms with van der Waals surface area (Å²) in [6.07, 6.45) is 1.38. The van der Waals surface area contributed by atoms with E-state index in [1.54, 1.807) is 6.92 Å². The molecule has 0 bridgehead atoms. The van der Waals surface area contributed by atoms with E-state index in [9.17, 15) is 4.79 Å². The Labute approximate surface area is 191 Å². The number of ketones is 1. The van der Waals surface area contributed by atoms with Crippen LogP contribution >= 0.6 is 0 Å². The predicted octanol–water partition coefficient (Wildman–Crippen LogP) is 6.52. The molecule has 0 saturated heterocycles. The van der Waals surface area contributed by atoms with Gasteiger partial charge in [0.25, 0.3) is 0 Å². The van der Waals surface area contributed by atoms with Gasteiger partial charge in [0.2, 0.25) is 0 Å². The first kappa shape index (κ1) is 23.3. The summed E-state index contributed by atoms with van der Waals surface area (Å²) in [4.78, 5) is 15.0. The van der Waals surface area contributed by atoms with Gasteiger partial charge in [-0.05, 0) is 31.4 Å². The Morgan fingerprint density at radius 3 is 2.10 bits per heavy atom. The van der Waals surface area contributed by atoms with Gasteiger partial charge in [-0.3, -0.25) is 9.78 Å². The Balaban J connectivity index is 0.000000308. The molecule has 4 heteroatoms. The summed E-state index contributed by atoms with van der Waals surface area (Å²) in [7, 11) is 3.12. The second kappa shape index (κ2) is 10.7. The van der Waals surface area contributed by atoms with Gasteiger partial charge in [-0.2, -0.15) is 25.7 Å². The van der Waals surface area contributed by atoms with Crippen LogP contribution in [0.5, 0.6) is 0 Å². The number of pyridine rings is 1. The van der Waals surface area contributed by atoms with Crippen molar-refractivity contribution in [3.63, 3.8) is 0 Å². The fourth-order valence-electron chi connectivity index (χ4n) is 3.07. The molecule has 0 aliphatic rings. The maximum atomic E-state index is 10.2. The summed E-state index contributed by atoms with van der Waals surface area (Å²) in [6.45, 7) is 7.32. The van der Waals surface area contributed by atoms with Gasteiger partial charge in [0.05, 0.1) is 11.3 Å². The van der Waals surface area contributed by atoms with E-state index in [1.165, 1.54) is 23.8 Å². The van der Waals surface area contributed by atoms with Crippen LogP contribution < -0.4 is 0 Å². The molecule has 0 unspecified atom stereocenters. The van der Waals surface area contributed by atoms with Crippen LogP contribution in [0.15, 0.2) is 84.6 Å². The summed E-state index contributed by atoms with van der Waals surface area (Å²) >= 11 is 0. The normalized spacial score (nSPS) is 10.7. The third-order valence-corrected chi connectivity index (χ3v) is 4.48. The van der Waals surface area contributed by atoms with Gasteiger partial charge < -0.3 is 4.74 Å². The van der Waals surface area contributed by atoms with E-state index >= 15 is 0 Å². The zero-order valence-corrected chi connectivity index (χ0v) is 19.4. The van der Waals surface area contributed by atoms with Gasteiger partial charge in [0.1, 0.15) is 0 Å². The first-order valence-corrected chi connectivity index (χ1v) is 9.30. The molecule has 1 aromatic heterocycles. The number of aromatic nitrogens is 1. The summed E-state index contributed by atoms with van der Waals surface area (Å²) in [5, 5.41) is 3.59. The number of ether oxygens (including phenoxy) is 1. The third kappa shape index (κ3) is 5.79. The van der Waals surface area contributed by atoms with Crippen LogP contribution in [0.4, 0.5) is 0 Å². The average Bonchev–Trinajstić information content (AvgIpc) is 2.73. The number of carbonyl (C=O) groups excluding carboxylic acids is 1. The van der Waals surface area contributed by atoms with E-state index in [-0.39, 0.29) is 25.9 Å². The number of fused-ring (bicyclic) bond motifs is 2. The monoisotopic (exact) mass is 574 g/mol. The van der Waals surface area contributed by atoms with Crippen molar-refractivity contribution in [3.8, 4) is 11.3 Å². The average molecular weight is 574 g/mol. The van der Waals surface area contributed by atoms with Crippen molar-refractivity contribution in [1.29, 1.82) is 0 Å². The number of benzene rings is 3. The number of rotatable bonds is 3. The van der Waals surface area contributed by atoms with Crippen molar-refractivity contribution in [1.82, 2.24) is 4.98 Å². The molecule has 0 aliphatic carbocycles. The van der Waals surface area contributed by atoms with Gasteiger partial charge in [0, 0.05) is 37.3 Å². The Kier molecular flexibility index (Phi) is 8.34. The van der Waals surface area contributed by atoms with Crippen molar-refractivity contribution in [3.05, 3.63) is 104 Å². The van der Waals surface area contributed by atoms with E-state index in [4.69, 9.17) is 4.98 Å². The number of para-hydroxylation sites is 1. The Hall–Kier alpha value is -2.94. The number of hydrogen-bond donors (Lipinski definition) is 0. The number of nitrogens with zero attached hydrogens (tertiary/aromatic N) is 1. The molecular weight excluding hydrogens is 551 g/mol. The molecule has 0 aliphatic heterocycles. The van der Waals surface area contributed by atoms with Gasteiger partial charge in [-0.1, -0.05) is 53.9 Å². The van der Waals surface area contributed by atoms with Crippen molar-refractivity contribution >= 4 is 27.5 Å². The number of hydrogen-bond acceptors (Lipinski definition) is 3. The topological polar surface area (TPSA) is 39.2 Å². The molecule has 4 aromatic rings. The summed E-state index contributed by atoms with van der Waals surface area (Å²) in [5.74, 6) is 0.517. The van der Waals surface area contributed by atoms with E-state index in [0.29, 0.717) is 5.76 Å². The zero-order chi connectivity index (χ0) is 20.8. The van der Waals surface area contributed by atoms with Crippen molar-refractivity contribution in [2.24, 2.45) is 0 Å².